The van der Waals surface area contributed by atoms with Crippen LogP contribution < -0.4 is 5.32 Å². The number of benzene rings is 1. The van der Waals surface area contributed by atoms with E-state index in [0.29, 0.717) is 11.8 Å². The highest BCUT2D eigenvalue weighted by Crippen LogP contribution is 2.25. The SMILES string of the molecule is CSc1ccc(C2NCC(=O)N2CCC(C)SC)cc1. The third-order valence-corrected chi connectivity index (χ3v) is 5.47. The van der Waals surface area contributed by atoms with Crippen LogP contribution in [0.2, 0.25) is 0 Å². The zero-order chi connectivity index (χ0) is 14.5. The van der Waals surface area contributed by atoms with Crippen LogP contribution in [0, 0.1) is 0 Å². The fourth-order valence-electron chi connectivity index (χ4n) is 2.32. The summed E-state index contributed by atoms with van der Waals surface area (Å²) in [5, 5.41) is 3.90. The lowest BCUT2D eigenvalue weighted by Gasteiger charge is -2.25. The second-order valence-corrected chi connectivity index (χ2v) is 7.13. The van der Waals surface area contributed by atoms with Gasteiger partial charge in [-0.05, 0) is 36.6 Å². The van der Waals surface area contributed by atoms with Gasteiger partial charge in [-0.25, -0.2) is 0 Å². The lowest BCUT2D eigenvalue weighted by molar-refractivity contribution is -0.128. The van der Waals surface area contributed by atoms with Crippen molar-refractivity contribution in [2.75, 3.05) is 25.6 Å². The van der Waals surface area contributed by atoms with Gasteiger partial charge in [-0.15, -0.1) is 11.8 Å². The smallest absolute Gasteiger partial charge is 0.238 e. The van der Waals surface area contributed by atoms with Gasteiger partial charge in [-0.2, -0.15) is 11.8 Å². The lowest BCUT2D eigenvalue weighted by Crippen LogP contribution is -2.32. The summed E-state index contributed by atoms with van der Waals surface area (Å²) >= 11 is 3.59. The quantitative estimate of drug-likeness (QED) is 0.819. The molecule has 1 aliphatic rings. The molecular formula is C15H22N2OS2. The van der Waals surface area contributed by atoms with Crippen molar-refractivity contribution >= 4 is 29.4 Å². The molecule has 1 N–H and O–H groups in total. The van der Waals surface area contributed by atoms with Crippen molar-refractivity contribution < 1.29 is 4.79 Å². The highest BCUT2D eigenvalue weighted by Gasteiger charge is 2.31. The molecule has 1 aromatic rings. The minimum Gasteiger partial charge on any atom is -0.322 e. The summed E-state index contributed by atoms with van der Waals surface area (Å²) in [6.07, 6.45) is 5.26. The molecule has 20 heavy (non-hydrogen) atoms. The predicted octanol–water partition coefficient (Wildman–Crippen LogP) is 2.98. The van der Waals surface area contributed by atoms with Gasteiger partial charge >= 0.3 is 0 Å². The van der Waals surface area contributed by atoms with E-state index in [1.807, 2.05) is 16.7 Å². The third-order valence-electron chi connectivity index (χ3n) is 3.69. The van der Waals surface area contributed by atoms with E-state index in [9.17, 15) is 4.79 Å². The average molecular weight is 310 g/mol. The number of hydrogen-bond acceptors (Lipinski definition) is 4. The summed E-state index contributed by atoms with van der Waals surface area (Å²) < 4.78 is 0. The zero-order valence-electron chi connectivity index (χ0n) is 12.3. The summed E-state index contributed by atoms with van der Waals surface area (Å²) in [4.78, 5) is 15.3. The first-order chi connectivity index (χ1) is 9.65. The van der Waals surface area contributed by atoms with Crippen molar-refractivity contribution in [1.82, 2.24) is 10.2 Å². The largest absolute Gasteiger partial charge is 0.322 e. The van der Waals surface area contributed by atoms with Crippen LogP contribution in [0.4, 0.5) is 0 Å². The topological polar surface area (TPSA) is 32.3 Å². The Balaban J connectivity index is 2.06. The summed E-state index contributed by atoms with van der Waals surface area (Å²) in [5.41, 5.74) is 1.17. The van der Waals surface area contributed by atoms with Crippen LogP contribution in [-0.4, -0.2) is 41.7 Å². The molecule has 1 aromatic carbocycles. The maximum absolute atomic E-state index is 12.0. The van der Waals surface area contributed by atoms with Gasteiger partial charge in [0.1, 0.15) is 6.17 Å². The fraction of sp³-hybridized carbons (Fsp3) is 0.533. The number of nitrogens with zero attached hydrogens (tertiary/aromatic N) is 1. The van der Waals surface area contributed by atoms with Crippen LogP contribution in [0.25, 0.3) is 0 Å². The van der Waals surface area contributed by atoms with E-state index in [2.05, 4.69) is 49.0 Å². The van der Waals surface area contributed by atoms with Gasteiger partial charge in [0.05, 0.1) is 6.54 Å². The predicted molar refractivity (Wildman–Crippen MR) is 88.3 cm³/mol. The van der Waals surface area contributed by atoms with E-state index in [-0.39, 0.29) is 12.1 Å². The highest BCUT2D eigenvalue weighted by molar-refractivity contribution is 7.99. The first-order valence-corrected chi connectivity index (χ1v) is 9.36. The number of carbonyl (C=O) groups is 1. The maximum Gasteiger partial charge on any atom is 0.238 e. The van der Waals surface area contributed by atoms with Crippen molar-refractivity contribution in [1.29, 1.82) is 0 Å². The number of amides is 1. The highest BCUT2D eigenvalue weighted by atomic mass is 32.2. The first kappa shape index (κ1) is 15.7. The molecule has 2 rings (SSSR count). The van der Waals surface area contributed by atoms with E-state index < -0.39 is 0 Å². The van der Waals surface area contributed by atoms with Gasteiger partial charge < -0.3 is 4.90 Å². The average Bonchev–Trinajstić information content (AvgIpc) is 2.86. The van der Waals surface area contributed by atoms with Crippen LogP contribution in [0.3, 0.4) is 0 Å². The molecule has 5 heteroatoms. The molecule has 1 amide bonds. The Hall–Kier alpha value is -0.650. The molecule has 2 unspecified atom stereocenters. The molecule has 1 saturated heterocycles. The van der Waals surface area contributed by atoms with Gasteiger partial charge in [-0.3, -0.25) is 10.1 Å². The van der Waals surface area contributed by atoms with Gasteiger partial charge in [0, 0.05) is 16.7 Å². The molecule has 3 nitrogen and oxygen atoms in total. The molecule has 0 radical (unpaired) electrons. The summed E-state index contributed by atoms with van der Waals surface area (Å²) in [6, 6.07) is 8.47. The van der Waals surface area contributed by atoms with Gasteiger partial charge in [0.15, 0.2) is 0 Å². The maximum atomic E-state index is 12.0. The molecular weight excluding hydrogens is 288 g/mol. The Morgan fingerprint density at radius 2 is 2.05 bits per heavy atom. The Labute approximate surface area is 129 Å². The summed E-state index contributed by atoms with van der Waals surface area (Å²) in [6.45, 7) is 3.48. The number of hydrogen-bond donors (Lipinski definition) is 1. The van der Waals surface area contributed by atoms with Gasteiger partial charge in [0.2, 0.25) is 5.91 Å². The molecule has 0 aromatic heterocycles. The Kier molecular flexibility index (Phi) is 5.81. The Bertz CT molecular complexity index is 450. The number of thioether (sulfide) groups is 2. The normalized spacial score (nSPS) is 20.4. The van der Waals surface area contributed by atoms with E-state index in [4.69, 9.17) is 0 Å². The number of nitrogens with one attached hydrogen (secondary N) is 1. The van der Waals surface area contributed by atoms with Crippen molar-refractivity contribution in [3.05, 3.63) is 29.8 Å². The monoisotopic (exact) mass is 310 g/mol. The summed E-state index contributed by atoms with van der Waals surface area (Å²) in [7, 11) is 0. The van der Waals surface area contributed by atoms with Gasteiger partial charge in [-0.1, -0.05) is 19.1 Å². The van der Waals surface area contributed by atoms with Crippen LogP contribution in [0.5, 0.6) is 0 Å². The minimum absolute atomic E-state index is 0.0347. The first-order valence-electron chi connectivity index (χ1n) is 6.85. The van der Waals surface area contributed by atoms with Crippen LogP contribution in [-0.2, 0) is 4.79 Å². The molecule has 0 spiro atoms. The van der Waals surface area contributed by atoms with Crippen molar-refractivity contribution in [3.8, 4) is 0 Å². The molecule has 110 valence electrons. The number of rotatable bonds is 6. The fourth-order valence-corrected chi connectivity index (χ4v) is 3.07. The van der Waals surface area contributed by atoms with E-state index in [1.54, 1.807) is 11.8 Å². The van der Waals surface area contributed by atoms with Crippen LogP contribution in [0.15, 0.2) is 29.2 Å². The van der Waals surface area contributed by atoms with Crippen LogP contribution >= 0.6 is 23.5 Å². The molecule has 1 fully saturated rings. The van der Waals surface area contributed by atoms with E-state index in [1.165, 1.54) is 10.5 Å². The molecule has 0 saturated carbocycles. The summed E-state index contributed by atoms with van der Waals surface area (Å²) in [5.74, 6) is 0.206. The second-order valence-electron chi connectivity index (χ2n) is 4.98. The third kappa shape index (κ3) is 3.71. The van der Waals surface area contributed by atoms with Crippen molar-refractivity contribution in [3.63, 3.8) is 0 Å². The molecule has 0 aliphatic carbocycles. The zero-order valence-corrected chi connectivity index (χ0v) is 13.9. The molecule has 1 aliphatic heterocycles. The molecule has 0 bridgehead atoms. The second kappa shape index (κ2) is 7.38. The minimum atomic E-state index is 0.0347. The molecule has 1 heterocycles. The van der Waals surface area contributed by atoms with Gasteiger partial charge in [0.25, 0.3) is 0 Å². The van der Waals surface area contributed by atoms with Crippen molar-refractivity contribution in [2.45, 2.75) is 29.7 Å². The standard InChI is InChI=1S/C15H22N2OS2/c1-11(19-2)8-9-17-14(18)10-16-15(17)12-4-6-13(20-3)7-5-12/h4-7,11,15-16H,8-10H2,1-3H3. The lowest BCUT2D eigenvalue weighted by atomic mass is 10.1. The van der Waals surface area contributed by atoms with E-state index >= 15 is 0 Å². The Morgan fingerprint density at radius 1 is 1.35 bits per heavy atom. The van der Waals surface area contributed by atoms with Crippen LogP contribution in [0.1, 0.15) is 25.1 Å². The number of carbonyl (C=O) groups excluding carboxylic acids is 1. The Morgan fingerprint density at radius 3 is 2.65 bits per heavy atom. The molecule has 2 atom stereocenters. The van der Waals surface area contributed by atoms with E-state index in [0.717, 1.165) is 13.0 Å². The van der Waals surface area contributed by atoms with Crippen molar-refractivity contribution in [2.24, 2.45) is 0 Å².